The molecule has 2 rings (SSSR count). The summed E-state index contributed by atoms with van der Waals surface area (Å²) in [5, 5.41) is 0. The first kappa shape index (κ1) is 41.9. The molecule has 0 aliphatic carbocycles. The van der Waals surface area contributed by atoms with Crippen LogP contribution in [0.4, 0.5) is 0 Å². The number of ether oxygens (including phenoxy) is 4. The molecule has 0 fully saturated rings. The van der Waals surface area contributed by atoms with Crippen molar-refractivity contribution in [3.8, 4) is 0 Å². The van der Waals surface area contributed by atoms with Crippen molar-refractivity contribution in [3.05, 3.63) is 58.7 Å². The van der Waals surface area contributed by atoms with Gasteiger partial charge < -0.3 is 28.1 Å². The molecule has 0 unspecified atom stereocenters. The molecule has 0 spiro atoms. The predicted molar refractivity (Wildman–Crippen MR) is 157 cm³/mol. The number of carbonyl (C=O) groups excluding carboxylic acids is 4. The summed E-state index contributed by atoms with van der Waals surface area (Å²) in [6, 6.07) is 6.26. The largest absolute Gasteiger partial charge is 2.00 e. The summed E-state index contributed by atoms with van der Waals surface area (Å²) in [6.07, 6.45) is 2.29. The second-order valence-electron chi connectivity index (χ2n) is 8.87. The minimum absolute atomic E-state index is 0. The van der Waals surface area contributed by atoms with E-state index in [-0.39, 0.29) is 60.6 Å². The van der Waals surface area contributed by atoms with Crippen molar-refractivity contribution >= 4 is 67.2 Å². The number of rotatable bonds is 14. The Bertz CT molecular complexity index is 1420. The second-order valence-corrected chi connectivity index (χ2v) is 11.6. The van der Waals surface area contributed by atoms with Crippen molar-refractivity contribution in [2.75, 3.05) is 26.4 Å². The van der Waals surface area contributed by atoms with Gasteiger partial charge in [0.05, 0.1) is 58.5 Å². The second kappa shape index (κ2) is 20.1. The van der Waals surface area contributed by atoms with E-state index in [4.69, 9.17) is 18.9 Å². The van der Waals surface area contributed by atoms with Gasteiger partial charge in [0.25, 0.3) is 0 Å². The van der Waals surface area contributed by atoms with Crippen molar-refractivity contribution in [1.82, 2.24) is 0 Å². The van der Waals surface area contributed by atoms with Crippen LogP contribution in [0.2, 0.25) is 0 Å². The molecule has 2 aromatic rings. The van der Waals surface area contributed by atoms with Gasteiger partial charge in [-0.3, -0.25) is 0 Å². The van der Waals surface area contributed by atoms with Gasteiger partial charge in [-0.1, -0.05) is 27.7 Å². The summed E-state index contributed by atoms with van der Waals surface area (Å²) in [6.45, 7) is 7.66. The number of hydrogen-bond donors (Lipinski definition) is 0. The van der Waals surface area contributed by atoms with Crippen LogP contribution in [0, 0.1) is 0 Å². The van der Waals surface area contributed by atoms with E-state index in [9.17, 15) is 45.1 Å². The third kappa shape index (κ3) is 13.8. The molecule has 45 heavy (non-hydrogen) atoms. The molecule has 0 aromatic heterocycles. The Morgan fingerprint density at radius 3 is 1.04 bits per heavy atom. The molecular formula is C28H34MgO14S2. The fourth-order valence-corrected chi connectivity index (χ4v) is 4.53. The fraction of sp³-hybridized carbons (Fsp3) is 0.429. The maximum absolute atomic E-state index is 11.8. The Labute approximate surface area is 278 Å². The summed E-state index contributed by atoms with van der Waals surface area (Å²) in [7, 11) is -9.88. The van der Waals surface area contributed by atoms with Gasteiger partial charge in [0.2, 0.25) is 0 Å². The van der Waals surface area contributed by atoms with Crippen LogP contribution in [0.5, 0.6) is 0 Å². The Morgan fingerprint density at radius 1 is 0.533 bits per heavy atom. The van der Waals surface area contributed by atoms with E-state index in [1.54, 1.807) is 27.7 Å². The Balaban J connectivity index is 0.000000842. The van der Waals surface area contributed by atoms with Crippen LogP contribution >= 0.6 is 0 Å². The van der Waals surface area contributed by atoms with Crippen LogP contribution in [0.25, 0.3) is 0 Å². The third-order valence-electron chi connectivity index (χ3n) is 5.16. The number of carbonyl (C=O) groups is 4. The molecule has 0 saturated carbocycles. The first-order chi connectivity index (χ1) is 20.6. The van der Waals surface area contributed by atoms with Gasteiger partial charge in [0, 0.05) is 0 Å². The van der Waals surface area contributed by atoms with E-state index in [0.29, 0.717) is 25.7 Å². The van der Waals surface area contributed by atoms with Crippen LogP contribution in [0.1, 0.15) is 94.8 Å². The van der Waals surface area contributed by atoms with Gasteiger partial charge in [-0.15, -0.1) is 0 Å². The Kier molecular flexibility index (Phi) is 18.7. The topological polar surface area (TPSA) is 220 Å². The zero-order valence-corrected chi connectivity index (χ0v) is 28.4. The van der Waals surface area contributed by atoms with Crippen molar-refractivity contribution in [2.24, 2.45) is 0 Å². The minimum atomic E-state index is -4.94. The quantitative estimate of drug-likeness (QED) is 0.121. The molecule has 0 N–H and O–H groups in total. The Hall–Kier alpha value is -3.09. The minimum Gasteiger partial charge on any atom is -0.744 e. The predicted octanol–water partition coefficient (Wildman–Crippen LogP) is 3.07. The van der Waals surface area contributed by atoms with Crippen molar-refractivity contribution in [3.63, 3.8) is 0 Å². The molecule has 0 aliphatic rings. The third-order valence-corrected chi connectivity index (χ3v) is 6.92. The molecule has 244 valence electrons. The van der Waals surface area contributed by atoms with Crippen molar-refractivity contribution in [2.45, 2.75) is 63.2 Å². The van der Waals surface area contributed by atoms with Gasteiger partial charge in [-0.05, 0) is 62.1 Å². The number of esters is 4. The number of hydrogen-bond acceptors (Lipinski definition) is 14. The van der Waals surface area contributed by atoms with Crippen LogP contribution in [-0.4, -0.2) is 99.3 Å². The van der Waals surface area contributed by atoms with Crippen LogP contribution in [0.3, 0.4) is 0 Å². The van der Waals surface area contributed by atoms with E-state index in [1.807, 2.05) is 0 Å². The van der Waals surface area contributed by atoms with Crippen LogP contribution in [0.15, 0.2) is 46.2 Å². The van der Waals surface area contributed by atoms with E-state index in [0.717, 1.165) is 24.3 Å². The van der Waals surface area contributed by atoms with Crippen molar-refractivity contribution in [1.29, 1.82) is 0 Å². The molecule has 0 aliphatic heterocycles. The standard InChI is InChI=1S/2C14H18O7S.Mg/c2*1-3-7-20-13(15)10-5-6-11(14(16)21-8-4-2)12(9-10)22(17,18)19;/h2*5-6,9H,3-4,7-8H2,1-2H3,(H,17,18,19);/q;;+2/p-2. The van der Waals surface area contributed by atoms with Gasteiger partial charge in [0.15, 0.2) is 0 Å². The first-order valence-electron chi connectivity index (χ1n) is 13.5. The maximum Gasteiger partial charge on any atom is 2.00 e. The maximum atomic E-state index is 11.8. The van der Waals surface area contributed by atoms with Crippen LogP contribution < -0.4 is 0 Å². The summed E-state index contributed by atoms with van der Waals surface area (Å²) < 4.78 is 87.2. The SMILES string of the molecule is CCCOC(=O)c1ccc(C(=O)OCCC)c(S(=O)(=O)[O-])c1.CCCOC(=O)c1ccc(C(=O)OCCC)c(S(=O)(=O)[O-])c1.[Mg+2]. The normalized spacial score (nSPS) is 10.8. The molecule has 0 radical (unpaired) electrons. The average molecular weight is 683 g/mol. The molecule has 0 amide bonds. The summed E-state index contributed by atoms with van der Waals surface area (Å²) in [5.41, 5.74) is -1.02. The van der Waals surface area contributed by atoms with E-state index >= 15 is 0 Å². The first-order valence-corrected chi connectivity index (χ1v) is 16.3. The summed E-state index contributed by atoms with van der Waals surface area (Å²) >= 11 is 0. The molecule has 2 aromatic carbocycles. The van der Waals surface area contributed by atoms with Gasteiger partial charge >= 0.3 is 46.9 Å². The molecule has 0 heterocycles. The van der Waals surface area contributed by atoms with Gasteiger partial charge in [-0.25, -0.2) is 36.0 Å². The van der Waals surface area contributed by atoms with E-state index in [2.05, 4.69) is 0 Å². The van der Waals surface area contributed by atoms with E-state index < -0.39 is 65.0 Å². The van der Waals surface area contributed by atoms with E-state index in [1.165, 1.54) is 12.1 Å². The molecule has 0 saturated heterocycles. The zero-order chi connectivity index (χ0) is 33.5. The van der Waals surface area contributed by atoms with Crippen LogP contribution in [-0.2, 0) is 39.2 Å². The summed E-state index contributed by atoms with van der Waals surface area (Å²) in [4.78, 5) is 45.4. The zero-order valence-electron chi connectivity index (χ0n) is 25.4. The fourth-order valence-electron chi connectivity index (χ4n) is 3.15. The molecule has 0 bridgehead atoms. The monoisotopic (exact) mass is 682 g/mol. The van der Waals surface area contributed by atoms with Gasteiger partial charge in [-0.2, -0.15) is 0 Å². The smallest absolute Gasteiger partial charge is 0.744 e. The average Bonchev–Trinajstić information content (AvgIpc) is 2.98. The number of benzene rings is 2. The molecular weight excluding hydrogens is 649 g/mol. The van der Waals surface area contributed by atoms with Gasteiger partial charge in [0.1, 0.15) is 20.2 Å². The Morgan fingerprint density at radius 2 is 0.800 bits per heavy atom. The molecule has 14 nitrogen and oxygen atoms in total. The molecule has 17 heteroatoms. The summed E-state index contributed by atoms with van der Waals surface area (Å²) in [5.74, 6) is -3.38. The molecule has 0 atom stereocenters. The van der Waals surface area contributed by atoms with Crippen molar-refractivity contribution < 1.29 is 64.1 Å².